The zero-order valence-corrected chi connectivity index (χ0v) is 13.1. The molecular weight excluding hydrogens is 335 g/mol. The van der Waals surface area contributed by atoms with Crippen molar-refractivity contribution in [1.82, 2.24) is 5.32 Å². The van der Waals surface area contributed by atoms with Crippen molar-refractivity contribution >= 4 is 46.1 Å². The van der Waals surface area contributed by atoms with Crippen molar-refractivity contribution in [2.24, 2.45) is 0 Å². The van der Waals surface area contributed by atoms with E-state index in [1.807, 2.05) is 6.07 Å². The number of carbonyl (C=O) groups excluding carboxylic acids is 1. The highest BCUT2D eigenvalue weighted by atomic mass is 35.5. The summed E-state index contributed by atoms with van der Waals surface area (Å²) in [5.41, 5.74) is -0.225. The minimum Gasteiger partial charge on any atom is -0.345 e. The fraction of sp³-hybridized carbons (Fsp3) is 0.154. The fourth-order valence-corrected chi connectivity index (χ4v) is 3.09. The fourth-order valence-electron chi connectivity index (χ4n) is 1.74. The second-order valence-electron chi connectivity index (χ2n) is 4.23. The van der Waals surface area contributed by atoms with Gasteiger partial charge in [-0.1, -0.05) is 29.3 Å². The summed E-state index contributed by atoms with van der Waals surface area (Å²) in [7, 11) is 0. The van der Waals surface area contributed by atoms with Gasteiger partial charge in [0.25, 0.3) is 11.6 Å². The molecule has 1 heterocycles. The predicted octanol–water partition coefficient (Wildman–Crippen LogP) is 4.45. The Bertz CT molecular complexity index is 702. The molecular formula is C13H10Cl2N2O3S. The number of nitrogens with zero attached hydrogens (tertiary/aromatic N) is 1. The van der Waals surface area contributed by atoms with Crippen LogP contribution in [0.3, 0.4) is 0 Å². The van der Waals surface area contributed by atoms with E-state index < -0.39 is 10.8 Å². The van der Waals surface area contributed by atoms with Gasteiger partial charge < -0.3 is 5.32 Å². The zero-order valence-electron chi connectivity index (χ0n) is 10.8. The lowest BCUT2D eigenvalue weighted by molar-refractivity contribution is -0.384. The third-order valence-electron chi connectivity index (χ3n) is 2.79. The Hall–Kier alpha value is -1.63. The molecule has 0 aliphatic rings. The zero-order chi connectivity index (χ0) is 15.6. The van der Waals surface area contributed by atoms with Crippen molar-refractivity contribution in [3.05, 3.63) is 60.2 Å². The molecule has 2 rings (SSSR count). The van der Waals surface area contributed by atoms with Crippen LogP contribution in [0.4, 0.5) is 5.69 Å². The molecule has 0 spiro atoms. The van der Waals surface area contributed by atoms with E-state index in [2.05, 4.69) is 5.32 Å². The number of thiophene rings is 1. The number of hydrogen-bond acceptors (Lipinski definition) is 4. The van der Waals surface area contributed by atoms with Crippen LogP contribution in [-0.2, 0) is 0 Å². The number of benzene rings is 1. The van der Waals surface area contributed by atoms with Gasteiger partial charge in [0.05, 0.1) is 20.9 Å². The van der Waals surface area contributed by atoms with Gasteiger partial charge in [-0.25, -0.2) is 0 Å². The van der Waals surface area contributed by atoms with Crippen molar-refractivity contribution in [2.75, 3.05) is 0 Å². The summed E-state index contributed by atoms with van der Waals surface area (Å²) in [6.07, 6.45) is 0. The number of nitro groups is 1. The van der Waals surface area contributed by atoms with E-state index in [4.69, 9.17) is 23.2 Å². The van der Waals surface area contributed by atoms with Crippen LogP contribution in [0.25, 0.3) is 0 Å². The van der Waals surface area contributed by atoms with Crippen molar-refractivity contribution in [3.8, 4) is 0 Å². The van der Waals surface area contributed by atoms with Gasteiger partial charge in [-0.15, -0.1) is 11.3 Å². The summed E-state index contributed by atoms with van der Waals surface area (Å²) in [6.45, 7) is 1.80. The summed E-state index contributed by atoms with van der Waals surface area (Å²) >= 11 is 13.1. The molecule has 1 amide bonds. The lowest BCUT2D eigenvalue weighted by Gasteiger charge is -2.12. The molecule has 8 heteroatoms. The largest absolute Gasteiger partial charge is 0.345 e. The molecule has 0 bridgehead atoms. The maximum absolute atomic E-state index is 12.2. The molecule has 0 saturated carbocycles. The van der Waals surface area contributed by atoms with Crippen LogP contribution in [0, 0.1) is 10.1 Å². The summed E-state index contributed by atoms with van der Waals surface area (Å²) in [6, 6.07) is 7.40. The van der Waals surface area contributed by atoms with Crippen molar-refractivity contribution < 1.29 is 9.72 Å². The van der Waals surface area contributed by atoms with Crippen LogP contribution in [-0.4, -0.2) is 10.8 Å². The predicted molar refractivity (Wildman–Crippen MR) is 83.3 cm³/mol. The van der Waals surface area contributed by atoms with E-state index >= 15 is 0 Å². The van der Waals surface area contributed by atoms with Crippen molar-refractivity contribution in [1.29, 1.82) is 0 Å². The number of carbonyl (C=O) groups is 1. The van der Waals surface area contributed by atoms with Gasteiger partial charge in [-0.3, -0.25) is 14.9 Å². The Morgan fingerprint density at radius 2 is 2.05 bits per heavy atom. The lowest BCUT2D eigenvalue weighted by atomic mass is 10.1. The third-order valence-corrected chi connectivity index (χ3v) is 4.60. The minimum atomic E-state index is -0.623. The molecule has 21 heavy (non-hydrogen) atoms. The first-order valence-corrected chi connectivity index (χ1v) is 7.46. The standard InChI is InChI=1S/C13H10Cl2N2O3S/c1-7(10-5-6-11(14)21-10)16-13(18)8-3-2-4-9(12(8)15)17(19)20/h2-7H,1H3,(H,16,18). The highest BCUT2D eigenvalue weighted by Gasteiger charge is 2.21. The molecule has 0 saturated heterocycles. The lowest BCUT2D eigenvalue weighted by Crippen LogP contribution is -2.26. The highest BCUT2D eigenvalue weighted by molar-refractivity contribution is 7.16. The average Bonchev–Trinajstić information content (AvgIpc) is 2.85. The average molecular weight is 345 g/mol. The van der Waals surface area contributed by atoms with Gasteiger partial charge in [0.15, 0.2) is 0 Å². The third kappa shape index (κ3) is 3.53. The molecule has 1 aromatic heterocycles. The summed E-state index contributed by atoms with van der Waals surface area (Å²) in [5, 5.41) is 13.4. The first-order valence-electron chi connectivity index (χ1n) is 5.89. The maximum Gasteiger partial charge on any atom is 0.288 e. The van der Waals surface area contributed by atoms with E-state index in [-0.39, 0.29) is 22.3 Å². The van der Waals surface area contributed by atoms with Gasteiger partial charge >= 0.3 is 0 Å². The van der Waals surface area contributed by atoms with Gasteiger partial charge in [0.2, 0.25) is 0 Å². The van der Waals surface area contributed by atoms with Crippen LogP contribution in [0.1, 0.15) is 28.2 Å². The van der Waals surface area contributed by atoms with Crippen molar-refractivity contribution in [2.45, 2.75) is 13.0 Å². The Kier molecular flexibility index (Phi) is 4.82. The molecule has 1 atom stereocenters. The summed E-state index contributed by atoms with van der Waals surface area (Å²) in [4.78, 5) is 23.3. The first kappa shape index (κ1) is 15.8. The Morgan fingerprint density at radius 1 is 1.33 bits per heavy atom. The minimum absolute atomic E-state index is 0.0698. The Morgan fingerprint density at radius 3 is 2.62 bits per heavy atom. The van der Waals surface area contributed by atoms with E-state index in [0.717, 1.165) is 4.88 Å². The topological polar surface area (TPSA) is 72.2 Å². The molecule has 1 aromatic carbocycles. The molecule has 5 nitrogen and oxygen atoms in total. The molecule has 0 aliphatic heterocycles. The van der Waals surface area contributed by atoms with E-state index in [9.17, 15) is 14.9 Å². The van der Waals surface area contributed by atoms with Crippen LogP contribution in [0.15, 0.2) is 30.3 Å². The normalized spacial score (nSPS) is 12.0. The number of hydrogen-bond donors (Lipinski definition) is 1. The molecule has 2 aromatic rings. The summed E-state index contributed by atoms with van der Waals surface area (Å²) in [5.74, 6) is -0.472. The quantitative estimate of drug-likeness (QED) is 0.657. The van der Waals surface area contributed by atoms with Gasteiger partial charge in [-0.05, 0) is 25.1 Å². The van der Waals surface area contributed by atoms with Gasteiger partial charge in [-0.2, -0.15) is 0 Å². The number of nitro benzene ring substituents is 1. The summed E-state index contributed by atoms with van der Waals surface area (Å²) < 4.78 is 0.625. The highest BCUT2D eigenvalue weighted by Crippen LogP contribution is 2.29. The van der Waals surface area contributed by atoms with Crippen LogP contribution in [0.5, 0.6) is 0 Å². The van der Waals surface area contributed by atoms with E-state index in [1.165, 1.54) is 29.5 Å². The van der Waals surface area contributed by atoms with Crippen LogP contribution < -0.4 is 5.32 Å². The number of rotatable bonds is 4. The van der Waals surface area contributed by atoms with E-state index in [0.29, 0.717) is 4.34 Å². The smallest absolute Gasteiger partial charge is 0.288 e. The van der Waals surface area contributed by atoms with Crippen molar-refractivity contribution in [3.63, 3.8) is 0 Å². The van der Waals surface area contributed by atoms with Crippen LogP contribution in [0.2, 0.25) is 9.36 Å². The second-order valence-corrected chi connectivity index (χ2v) is 6.36. The Balaban J connectivity index is 2.21. The monoisotopic (exact) mass is 344 g/mol. The van der Waals surface area contributed by atoms with E-state index in [1.54, 1.807) is 13.0 Å². The number of amides is 1. The number of nitrogens with one attached hydrogen (secondary N) is 1. The molecule has 110 valence electrons. The van der Waals surface area contributed by atoms with Gasteiger partial charge in [0, 0.05) is 10.9 Å². The first-order chi connectivity index (χ1) is 9.90. The molecule has 0 aliphatic carbocycles. The molecule has 1 unspecified atom stereocenters. The molecule has 0 radical (unpaired) electrons. The SMILES string of the molecule is CC(NC(=O)c1cccc([N+](=O)[O-])c1Cl)c1ccc(Cl)s1. The maximum atomic E-state index is 12.2. The number of halogens is 2. The van der Waals surface area contributed by atoms with Gasteiger partial charge in [0.1, 0.15) is 5.02 Å². The Labute approximate surface area is 134 Å². The molecule has 0 fully saturated rings. The van der Waals surface area contributed by atoms with Crippen LogP contribution >= 0.6 is 34.5 Å². The molecule has 1 N–H and O–H groups in total. The second kappa shape index (κ2) is 6.43.